The Bertz CT molecular complexity index is 669. The molecule has 0 unspecified atom stereocenters. The molecular formula is C15H13BrN2O2. The number of rotatable bonds is 1. The summed E-state index contributed by atoms with van der Waals surface area (Å²) < 4.78 is 12.6. The van der Waals surface area contributed by atoms with Crippen LogP contribution in [0.15, 0.2) is 52.1 Å². The van der Waals surface area contributed by atoms with Crippen molar-refractivity contribution in [2.24, 2.45) is 4.99 Å². The highest BCUT2D eigenvalue weighted by Crippen LogP contribution is 2.32. The van der Waals surface area contributed by atoms with Gasteiger partial charge in [0.2, 0.25) is 11.8 Å². The van der Waals surface area contributed by atoms with Gasteiger partial charge in [0.1, 0.15) is 5.75 Å². The van der Waals surface area contributed by atoms with E-state index >= 15 is 0 Å². The van der Waals surface area contributed by atoms with Crippen molar-refractivity contribution in [3.63, 3.8) is 0 Å². The summed E-state index contributed by atoms with van der Waals surface area (Å²) >= 11 is 3.45. The topological polar surface area (TPSA) is 43.7 Å². The van der Waals surface area contributed by atoms with E-state index in [0.717, 1.165) is 15.8 Å². The molecule has 4 nitrogen and oxygen atoms in total. The van der Waals surface area contributed by atoms with Crippen LogP contribution in [0.25, 0.3) is 0 Å². The maximum absolute atomic E-state index is 5.83. The summed E-state index contributed by atoms with van der Waals surface area (Å²) in [6, 6.07) is 11.3. The fourth-order valence-electron chi connectivity index (χ4n) is 1.94. The van der Waals surface area contributed by atoms with E-state index in [4.69, 9.17) is 9.47 Å². The Morgan fingerprint density at radius 3 is 2.80 bits per heavy atom. The quantitative estimate of drug-likeness (QED) is 0.797. The summed E-state index contributed by atoms with van der Waals surface area (Å²) in [5.74, 6) is 1.77. The molecule has 2 aromatic rings. The van der Waals surface area contributed by atoms with E-state index in [-0.39, 0.29) is 0 Å². The SMILES string of the molecule is CC1(C)N=C(Oc2ccccn2)c2cc(Br)ccc2O1. The zero-order valence-electron chi connectivity index (χ0n) is 11.1. The lowest BCUT2D eigenvalue weighted by atomic mass is 10.1. The van der Waals surface area contributed by atoms with Crippen molar-refractivity contribution in [2.75, 3.05) is 0 Å². The Labute approximate surface area is 125 Å². The summed E-state index contributed by atoms with van der Waals surface area (Å²) in [4.78, 5) is 8.66. The molecule has 0 bridgehead atoms. The second-order valence-corrected chi connectivity index (χ2v) is 5.79. The van der Waals surface area contributed by atoms with Gasteiger partial charge in [-0.3, -0.25) is 0 Å². The molecule has 1 aliphatic rings. The highest BCUT2D eigenvalue weighted by Gasteiger charge is 2.29. The number of halogens is 1. The molecule has 0 radical (unpaired) electrons. The second kappa shape index (κ2) is 4.90. The molecule has 1 aromatic carbocycles. The van der Waals surface area contributed by atoms with Crippen LogP contribution in [0.5, 0.6) is 11.6 Å². The molecule has 0 saturated heterocycles. The van der Waals surface area contributed by atoms with Crippen LogP contribution in [0.1, 0.15) is 19.4 Å². The van der Waals surface area contributed by atoms with Crippen LogP contribution in [0, 0.1) is 0 Å². The fourth-order valence-corrected chi connectivity index (χ4v) is 2.30. The van der Waals surface area contributed by atoms with Gasteiger partial charge in [-0.1, -0.05) is 22.0 Å². The highest BCUT2D eigenvalue weighted by molar-refractivity contribution is 9.10. The van der Waals surface area contributed by atoms with Crippen molar-refractivity contribution >= 4 is 21.8 Å². The van der Waals surface area contributed by atoms with E-state index in [1.165, 1.54) is 0 Å². The lowest BCUT2D eigenvalue weighted by Crippen LogP contribution is -2.34. The molecule has 0 fully saturated rings. The number of nitrogens with zero attached hydrogens (tertiary/aromatic N) is 2. The van der Waals surface area contributed by atoms with Crippen molar-refractivity contribution in [3.8, 4) is 11.6 Å². The number of hydrogen-bond acceptors (Lipinski definition) is 4. The summed E-state index contributed by atoms with van der Waals surface area (Å²) in [6.07, 6.45) is 1.68. The first-order chi connectivity index (χ1) is 9.53. The first-order valence-electron chi connectivity index (χ1n) is 6.21. The minimum Gasteiger partial charge on any atom is -0.466 e. The molecule has 2 heterocycles. The Morgan fingerprint density at radius 2 is 2.05 bits per heavy atom. The molecule has 0 aliphatic carbocycles. The van der Waals surface area contributed by atoms with Crippen LogP contribution in [-0.4, -0.2) is 16.6 Å². The van der Waals surface area contributed by atoms with Crippen molar-refractivity contribution in [3.05, 3.63) is 52.6 Å². The van der Waals surface area contributed by atoms with Gasteiger partial charge in [-0.2, -0.15) is 0 Å². The van der Waals surface area contributed by atoms with E-state index in [9.17, 15) is 0 Å². The lowest BCUT2D eigenvalue weighted by molar-refractivity contribution is 0.112. The largest absolute Gasteiger partial charge is 0.466 e. The molecule has 0 amide bonds. The molecular weight excluding hydrogens is 320 g/mol. The average Bonchev–Trinajstić information content (AvgIpc) is 2.40. The van der Waals surface area contributed by atoms with Gasteiger partial charge in [0.15, 0.2) is 5.72 Å². The van der Waals surface area contributed by atoms with Crippen LogP contribution < -0.4 is 9.47 Å². The first kappa shape index (κ1) is 13.1. The highest BCUT2D eigenvalue weighted by atomic mass is 79.9. The Morgan fingerprint density at radius 1 is 1.20 bits per heavy atom. The summed E-state index contributed by atoms with van der Waals surface area (Å²) in [5.41, 5.74) is 0.148. The van der Waals surface area contributed by atoms with Gasteiger partial charge in [0.25, 0.3) is 0 Å². The normalized spacial score (nSPS) is 15.8. The van der Waals surface area contributed by atoms with Gasteiger partial charge < -0.3 is 9.47 Å². The summed E-state index contributed by atoms with van der Waals surface area (Å²) in [7, 11) is 0. The third-order valence-electron chi connectivity index (χ3n) is 2.74. The number of aliphatic imine (C=N–C) groups is 1. The smallest absolute Gasteiger partial charge is 0.231 e. The number of fused-ring (bicyclic) bond motifs is 1. The molecule has 3 rings (SSSR count). The predicted octanol–water partition coefficient (Wildman–Crippen LogP) is 3.80. The van der Waals surface area contributed by atoms with Gasteiger partial charge in [-0.25, -0.2) is 9.98 Å². The number of hydrogen-bond donors (Lipinski definition) is 0. The van der Waals surface area contributed by atoms with E-state index in [0.29, 0.717) is 11.8 Å². The van der Waals surface area contributed by atoms with Crippen molar-refractivity contribution < 1.29 is 9.47 Å². The molecule has 1 aliphatic heterocycles. The maximum Gasteiger partial charge on any atom is 0.231 e. The van der Waals surface area contributed by atoms with Crippen molar-refractivity contribution in [1.82, 2.24) is 4.98 Å². The van der Waals surface area contributed by atoms with Crippen LogP contribution >= 0.6 is 15.9 Å². The number of pyridine rings is 1. The monoisotopic (exact) mass is 332 g/mol. The minimum absolute atomic E-state index is 0.509. The number of aromatic nitrogens is 1. The Hall–Kier alpha value is -1.88. The lowest BCUT2D eigenvalue weighted by Gasteiger charge is -2.29. The van der Waals surface area contributed by atoms with Crippen LogP contribution in [-0.2, 0) is 0 Å². The standard InChI is InChI=1S/C15H13BrN2O2/c1-15(2)18-14(19-13-5-3-4-8-17-13)11-9-10(16)6-7-12(11)20-15/h3-9H,1-2H3. The summed E-state index contributed by atoms with van der Waals surface area (Å²) in [6.45, 7) is 3.78. The maximum atomic E-state index is 5.83. The molecule has 20 heavy (non-hydrogen) atoms. The zero-order valence-corrected chi connectivity index (χ0v) is 12.7. The van der Waals surface area contributed by atoms with Crippen LogP contribution in [0.2, 0.25) is 0 Å². The minimum atomic E-state index is -0.662. The van der Waals surface area contributed by atoms with Gasteiger partial charge in [0.05, 0.1) is 5.56 Å². The van der Waals surface area contributed by atoms with Crippen molar-refractivity contribution in [2.45, 2.75) is 19.6 Å². The van der Waals surface area contributed by atoms with Crippen LogP contribution in [0.3, 0.4) is 0 Å². The van der Waals surface area contributed by atoms with Crippen LogP contribution in [0.4, 0.5) is 0 Å². The Kier molecular flexibility index (Phi) is 3.22. The molecule has 0 N–H and O–H groups in total. The molecule has 0 saturated carbocycles. The average molecular weight is 333 g/mol. The third kappa shape index (κ3) is 2.67. The van der Waals surface area contributed by atoms with Gasteiger partial charge in [-0.05, 0) is 38.1 Å². The van der Waals surface area contributed by atoms with E-state index < -0.39 is 5.72 Å². The fraction of sp³-hybridized carbons (Fsp3) is 0.200. The number of benzene rings is 1. The van der Waals surface area contributed by atoms with Crippen molar-refractivity contribution in [1.29, 1.82) is 0 Å². The molecule has 102 valence electrons. The Balaban J connectivity index is 2.03. The molecule has 0 atom stereocenters. The van der Waals surface area contributed by atoms with Gasteiger partial charge in [0, 0.05) is 16.7 Å². The molecule has 1 aromatic heterocycles. The zero-order chi connectivity index (χ0) is 14.2. The van der Waals surface area contributed by atoms with E-state index in [2.05, 4.69) is 25.9 Å². The second-order valence-electron chi connectivity index (χ2n) is 4.88. The predicted molar refractivity (Wildman–Crippen MR) is 80.3 cm³/mol. The third-order valence-corrected chi connectivity index (χ3v) is 3.23. The van der Waals surface area contributed by atoms with E-state index in [1.54, 1.807) is 12.3 Å². The first-order valence-corrected chi connectivity index (χ1v) is 7.00. The van der Waals surface area contributed by atoms with E-state index in [1.807, 2.05) is 44.2 Å². The number of ether oxygens (including phenoxy) is 2. The van der Waals surface area contributed by atoms with Gasteiger partial charge in [-0.15, -0.1) is 0 Å². The van der Waals surface area contributed by atoms with Gasteiger partial charge >= 0.3 is 0 Å². The molecule has 5 heteroatoms. The molecule has 0 spiro atoms. The summed E-state index contributed by atoms with van der Waals surface area (Å²) in [5, 5.41) is 0.